The molecule has 0 spiro atoms. The van der Waals surface area contributed by atoms with E-state index in [1.807, 2.05) is 24.7 Å². The fraction of sp³-hybridized carbons (Fsp3) is 0.417. The van der Waals surface area contributed by atoms with E-state index in [9.17, 15) is 0 Å². The summed E-state index contributed by atoms with van der Waals surface area (Å²) in [5.41, 5.74) is 7.47. The lowest BCUT2D eigenvalue weighted by atomic mass is 10.2. The lowest BCUT2D eigenvalue weighted by molar-refractivity contribution is 0.700. The van der Waals surface area contributed by atoms with Crippen LogP contribution in [0, 0.1) is 6.92 Å². The highest BCUT2D eigenvalue weighted by atomic mass is 32.1. The van der Waals surface area contributed by atoms with Crippen molar-refractivity contribution in [2.75, 3.05) is 0 Å². The summed E-state index contributed by atoms with van der Waals surface area (Å²) in [6.45, 7) is 4.04. The van der Waals surface area contributed by atoms with Crippen LogP contribution < -0.4 is 5.73 Å². The van der Waals surface area contributed by atoms with Crippen molar-refractivity contribution in [1.82, 2.24) is 19.3 Å². The van der Waals surface area contributed by atoms with E-state index in [2.05, 4.69) is 17.0 Å². The van der Waals surface area contributed by atoms with Crippen LogP contribution in [-0.2, 0) is 13.5 Å². The molecule has 96 valence electrons. The maximum absolute atomic E-state index is 5.80. The molecule has 0 atom stereocenters. The van der Waals surface area contributed by atoms with Gasteiger partial charge in [0.1, 0.15) is 16.6 Å². The van der Waals surface area contributed by atoms with Gasteiger partial charge in [-0.15, -0.1) is 0 Å². The Hall–Kier alpha value is -1.69. The fourth-order valence-electron chi connectivity index (χ4n) is 2.15. The number of aryl methyl sites for hydroxylation is 3. The summed E-state index contributed by atoms with van der Waals surface area (Å²) in [5, 5.41) is 4.39. The van der Waals surface area contributed by atoms with Crippen molar-refractivity contribution in [3.8, 4) is 5.82 Å². The molecular weight excluding hydrogens is 246 g/mol. The fourth-order valence-corrected chi connectivity index (χ4v) is 2.39. The molecule has 2 heterocycles. The van der Waals surface area contributed by atoms with Gasteiger partial charge in [0.25, 0.3) is 0 Å². The van der Waals surface area contributed by atoms with Crippen LogP contribution in [0.4, 0.5) is 0 Å². The Morgan fingerprint density at radius 2 is 2.22 bits per heavy atom. The number of nitrogens with zero attached hydrogens (tertiary/aromatic N) is 4. The maximum atomic E-state index is 5.80. The molecule has 0 aliphatic carbocycles. The zero-order valence-corrected chi connectivity index (χ0v) is 11.7. The highest BCUT2D eigenvalue weighted by Gasteiger charge is 2.18. The molecule has 2 aromatic heterocycles. The molecule has 18 heavy (non-hydrogen) atoms. The number of rotatable bonds is 4. The van der Waals surface area contributed by atoms with Gasteiger partial charge >= 0.3 is 0 Å². The molecule has 0 aliphatic heterocycles. The molecule has 0 aromatic carbocycles. The number of imidazole rings is 1. The Labute approximate surface area is 112 Å². The van der Waals surface area contributed by atoms with Crippen molar-refractivity contribution < 1.29 is 0 Å². The minimum absolute atomic E-state index is 0.367. The average Bonchev–Trinajstić information content (AvgIpc) is 2.83. The lowest BCUT2D eigenvalue weighted by Gasteiger charge is -2.09. The summed E-state index contributed by atoms with van der Waals surface area (Å²) in [4.78, 5) is 4.74. The second-order valence-corrected chi connectivity index (χ2v) is 4.68. The minimum Gasteiger partial charge on any atom is -0.389 e. The van der Waals surface area contributed by atoms with Gasteiger partial charge in [0.15, 0.2) is 0 Å². The Kier molecular flexibility index (Phi) is 3.47. The summed E-state index contributed by atoms with van der Waals surface area (Å²) in [5.74, 6) is 1.89. The van der Waals surface area contributed by atoms with Crippen LogP contribution in [0.1, 0.15) is 30.4 Å². The Bertz CT molecular complexity index is 581. The van der Waals surface area contributed by atoms with Gasteiger partial charge in [0.05, 0.1) is 11.3 Å². The number of aromatic nitrogens is 4. The number of thiocarbonyl (C=S) groups is 1. The first kappa shape index (κ1) is 12.8. The first-order valence-electron chi connectivity index (χ1n) is 5.92. The number of nitrogens with two attached hydrogens (primary N) is 1. The zero-order chi connectivity index (χ0) is 13.3. The summed E-state index contributed by atoms with van der Waals surface area (Å²) in [7, 11) is 1.89. The second kappa shape index (κ2) is 4.89. The highest BCUT2D eigenvalue weighted by Crippen LogP contribution is 2.19. The van der Waals surface area contributed by atoms with Crippen molar-refractivity contribution in [3.63, 3.8) is 0 Å². The topological polar surface area (TPSA) is 61.7 Å². The van der Waals surface area contributed by atoms with Crippen LogP contribution in [0.25, 0.3) is 5.82 Å². The molecule has 0 amide bonds. The van der Waals surface area contributed by atoms with Crippen LogP contribution >= 0.6 is 12.2 Å². The first-order valence-corrected chi connectivity index (χ1v) is 6.33. The van der Waals surface area contributed by atoms with E-state index in [1.54, 1.807) is 10.9 Å². The van der Waals surface area contributed by atoms with E-state index >= 15 is 0 Å². The molecule has 2 rings (SSSR count). The van der Waals surface area contributed by atoms with Gasteiger partial charge in [0.2, 0.25) is 0 Å². The number of hydrogen-bond donors (Lipinski definition) is 1. The monoisotopic (exact) mass is 263 g/mol. The molecule has 0 saturated heterocycles. The summed E-state index contributed by atoms with van der Waals surface area (Å²) < 4.78 is 3.81. The molecule has 6 heteroatoms. The van der Waals surface area contributed by atoms with E-state index < -0.39 is 0 Å². The Balaban J connectivity index is 2.63. The van der Waals surface area contributed by atoms with Crippen molar-refractivity contribution in [2.45, 2.75) is 26.7 Å². The van der Waals surface area contributed by atoms with Crippen LogP contribution in [0.2, 0.25) is 0 Å². The van der Waals surface area contributed by atoms with Gasteiger partial charge in [0, 0.05) is 25.9 Å². The molecular formula is C12H17N5S. The van der Waals surface area contributed by atoms with Gasteiger partial charge < -0.3 is 5.73 Å². The average molecular weight is 263 g/mol. The summed E-state index contributed by atoms with van der Waals surface area (Å²) in [6, 6.07) is 0. The summed E-state index contributed by atoms with van der Waals surface area (Å²) in [6.07, 6.45) is 5.66. The predicted octanol–water partition coefficient (Wildman–Crippen LogP) is 1.50. The van der Waals surface area contributed by atoms with Crippen molar-refractivity contribution in [3.05, 3.63) is 29.5 Å². The molecule has 0 fully saturated rings. The van der Waals surface area contributed by atoms with Crippen molar-refractivity contribution in [1.29, 1.82) is 0 Å². The maximum Gasteiger partial charge on any atom is 0.146 e. The third-order valence-electron chi connectivity index (χ3n) is 2.86. The van der Waals surface area contributed by atoms with Gasteiger partial charge in [-0.3, -0.25) is 9.25 Å². The molecule has 0 saturated carbocycles. The number of hydrogen-bond acceptors (Lipinski definition) is 3. The molecule has 2 N–H and O–H groups in total. The van der Waals surface area contributed by atoms with Crippen LogP contribution in [0.5, 0.6) is 0 Å². The van der Waals surface area contributed by atoms with Gasteiger partial charge in [-0.1, -0.05) is 19.1 Å². The normalized spacial score (nSPS) is 10.8. The zero-order valence-electron chi connectivity index (χ0n) is 10.8. The second-order valence-electron chi connectivity index (χ2n) is 4.24. The molecule has 2 aromatic rings. The van der Waals surface area contributed by atoms with Crippen molar-refractivity contribution >= 4 is 17.2 Å². The van der Waals surface area contributed by atoms with E-state index in [-0.39, 0.29) is 0 Å². The first-order chi connectivity index (χ1) is 8.56. The van der Waals surface area contributed by atoms with Crippen molar-refractivity contribution in [2.24, 2.45) is 12.8 Å². The molecule has 0 unspecified atom stereocenters. The van der Waals surface area contributed by atoms with E-state index in [1.165, 1.54) is 0 Å². The standard InChI is InChI=1S/C12H17N5S/c1-4-5-9-14-6-7-17(9)12-10(11(13)18)8(2)15-16(12)3/h6-7H,4-5H2,1-3H3,(H2,13,18). The third-order valence-corrected chi connectivity index (χ3v) is 3.06. The van der Waals surface area contributed by atoms with E-state index in [0.717, 1.165) is 35.7 Å². The van der Waals surface area contributed by atoms with E-state index in [4.69, 9.17) is 18.0 Å². The van der Waals surface area contributed by atoms with Crippen LogP contribution in [0.3, 0.4) is 0 Å². The molecule has 0 aliphatic rings. The third kappa shape index (κ3) is 2.03. The predicted molar refractivity (Wildman–Crippen MR) is 74.9 cm³/mol. The Morgan fingerprint density at radius 3 is 2.83 bits per heavy atom. The summed E-state index contributed by atoms with van der Waals surface area (Å²) >= 11 is 5.12. The molecule has 0 radical (unpaired) electrons. The van der Waals surface area contributed by atoms with Gasteiger partial charge in [-0.25, -0.2) is 4.98 Å². The van der Waals surface area contributed by atoms with E-state index in [0.29, 0.717) is 4.99 Å². The molecule has 0 bridgehead atoms. The van der Waals surface area contributed by atoms with Gasteiger partial charge in [-0.2, -0.15) is 5.10 Å². The van der Waals surface area contributed by atoms with Crippen LogP contribution in [0.15, 0.2) is 12.4 Å². The lowest BCUT2D eigenvalue weighted by Crippen LogP contribution is -2.15. The van der Waals surface area contributed by atoms with Crippen LogP contribution in [-0.4, -0.2) is 24.3 Å². The minimum atomic E-state index is 0.367. The van der Waals surface area contributed by atoms with Gasteiger partial charge in [-0.05, 0) is 13.3 Å². The highest BCUT2D eigenvalue weighted by molar-refractivity contribution is 7.80. The molecule has 5 nitrogen and oxygen atoms in total. The smallest absolute Gasteiger partial charge is 0.146 e. The largest absolute Gasteiger partial charge is 0.389 e. The quantitative estimate of drug-likeness (QED) is 0.849. The SMILES string of the molecule is CCCc1nccn1-c1c(C(N)=S)c(C)nn1C. The Morgan fingerprint density at radius 1 is 1.50 bits per heavy atom.